The van der Waals surface area contributed by atoms with E-state index in [1.165, 1.54) is 0 Å². The van der Waals surface area contributed by atoms with E-state index in [0.717, 1.165) is 38.2 Å². The summed E-state index contributed by atoms with van der Waals surface area (Å²) < 4.78 is 4.96. The van der Waals surface area contributed by atoms with Gasteiger partial charge in [0.15, 0.2) is 0 Å². The highest BCUT2D eigenvalue weighted by Crippen LogP contribution is 1.99. The molecule has 1 heterocycles. The van der Waals surface area contributed by atoms with Crippen LogP contribution < -0.4 is 5.32 Å². The van der Waals surface area contributed by atoms with E-state index >= 15 is 0 Å². The molecule has 1 aromatic rings. The van der Waals surface area contributed by atoms with Crippen LogP contribution in [-0.4, -0.2) is 25.2 Å². The first-order valence-corrected chi connectivity index (χ1v) is 5.44. The number of aromatic nitrogens is 1. The number of rotatable bonds is 7. The van der Waals surface area contributed by atoms with E-state index in [-0.39, 0.29) is 0 Å². The lowest BCUT2D eigenvalue weighted by molar-refractivity contribution is 0.192. The zero-order chi connectivity index (χ0) is 9.36. The highest BCUT2D eigenvalue weighted by Gasteiger charge is 1.93. The predicted molar refractivity (Wildman–Crippen MR) is 54.9 cm³/mol. The Balaban J connectivity index is 1.90. The normalized spacial score (nSPS) is 10.5. The van der Waals surface area contributed by atoms with E-state index < -0.39 is 0 Å². The molecule has 0 unspecified atom stereocenters. The number of nitrogens with one attached hydrogen (secondary N) is 1. The van der Waals surface area contributed by atoms with Crippen molar-refractivity contribution in [2.75, 3.05) is 20.3 Å². The van der Waals surface area contributed by atoms with Crippen molar-refractivity contribution in [2.45, 2.75) is 19.4 Å². The fourth-order valence-electron chi connectivity index (χ4n) is 1.04. The molecule has 74 valence electrons. The van der Waals surface area contributed by atoms with Crippen LogP contribution in [0.1, 0.15) is 18.5 Å². The van der Waals surface area contributed by atoms with Crippen LogP contribution in [0.2, 0.25) is 0 Å². The molecule has 0 aliphatic rings. The lowest BCUT2D eigenvalue weighted by Gasteiger charge is -2.01. The number of hydrogen-bond acceptors (Lipinski definition) is 4. The zero-order valence-corrected chi connectivity index (χ0v) is 8.77. The van der Waals surface area contributed by atoms with Crippen LogP contribution in [0.4, 0.5) is 0 Å². The largest absolute Gasteiger partial charge is 0.385 e. The van der Waals surface area contributed by atoms with Gasteiger partial charge < -0.3 is 10.1 Å². The number of thiazole rings is 1. The van der Waals surface area contributed by atoms with Gasteiger partial charge in [-0.25, -0.2) is 4.98 Å². The average Bonchev–Trinajstić information content (AvgIpc) is 2.63. The van der Waals surface area contributed by atoms with Crippen molar-refractivity contribution >= 4 is 11.3 Å². The van der Waals surface area contributed by atoms with Crippen molar-refractivity contribution < 1.29 is 4.74 Å². The minimum atomic E-state index is 0.860. The number of ether oxygens (including phenoxy) is 1. The number of hydrogen-bond donors (Lipinski definition) is 1. The second-order valence-corrected chi connectivity index (χ2v) is 3.58. The molecule has 13 heavy (non-hydrogen) atoms. The third-order valence-corrected chi connectivity index (χ3v) is 2.38. The van der Waals surface area contributed by atoms with Gasteiger partial charge in [0.2, 0.25) is 0 Å². The van der Waals surface area contributed by atoms with Gasteiger partial charge >= 0.3 is 0 Å². The zero-order valence-electron chi connectivity index (χ0n) is 7.95. The number of methoxy groups -OCH3 is 1. The maximum absolute atomic E-state index is 4.96. The summed E-state index contributed by atoms with van der Waals surface area (Å²) in [6.45, 7) is 2.79. The van der Waals surface area contributed by atoms with E-state index in [2.05, 4.69) is 15.7 Å². The van der Waals surface area contributed by atoms with Gasteiger partial charge in [-0.1, -0.05) is 0 Å². The molecule has 0 bridgehead atoms. The van der Waals surface area contributed by atoms with E-state index in [1.807, 2.05) is 5.51 Å². The van der Waals surface area contributed by atoms with Gasteiger partial charge in [0.25, 0.3) is 0 Å². The molecule has 4 heteroatoms. The predicted octanol–water partition coefficient (Wildman–Crippen LogP) is 1.66. The van der Waals surface area contributed by atoms with Crippen LogP contribution in [0.15, 0.2) is 10.9 Å². The molecule has 0 aliphatic heterocycles. The first-order chi connectivity index (χ1) is 6.43. The van der Waals surface area contributed by atoms with Crippen molar-refractivity contribution in [2.24, 2.45) is 0 Å². The smallest absolute Gasteiger partial charge is 0.0795 e. The Morgan fingerprint density at radius 1 is 1.54 bits per heavy atom. The number of nitrogens with zero attached hydrogens (tertiary/aromatic N) is 1. The molecule has 3 nitrogen and oxygen atoms in total. The van der Waals surface area contributed by atoms with Crippen LogP contribution in [0.25, 0.3) is 0 Å². The molecule has 0 spiro atoms. The highest BCUT2D eigenvalue weighted by atomic mass is 32.1. The van der Waals surface area contributed by atoms with Gasteiger partial charge in [0, 0.05) is 25.6 Å². The molecule has 0 radical (unpaired) electrons. The van der Waals surface area contributed by atoms with Crippen molar-refractivity contribution in [1.82, 2.24) is 10.3 Å². The molecule has 0 saturated heterocycles. The molecular formula is C9H16N2OS. The maximum atomic E-state index is 4.96. The van der Waals surface area contributed by atoms with Crippen LogP contribution >= 0.6 is 11.3 Å². The quantitative estimate of drug-likeness (QED) is 0.680. The van der Waals surface area contributed by atoms with Crippen molar-refractivity contribution in [3.63, 3.8) is 0 Å². The van der Waals surface area contributed by atoms with Crippen LogP contribution in [0.5, 0.6) is 0 Å². The summed E-state index contributed by atoms with van der Waals surface area (Å²) in [6.07, 6.45) is 2.29. The second-order valence-electron chi connectivity index (χ2n) is 2.86. The van der Waals surface area contributed by atoms with Crippen LogP contribution in [-0.2, 0) is 11.3 Å². The summed E-state index contributed by atoms with van der Waals surface area (Å²) in [5, 5.41) is 5.41. The molecule has 0 atom stereocenters. The Kier molecular flexibility index (Phi) is 5.73. The molecule has 1 rings (SSSR count). The lowest BCUT2D eigenvalue weighted by Crippen LogP contribution is -2.15. The molecule has 0 saturated carbocycles. The van der Waals surface area contributed by atoms with Crippen molar-refractivity contribution in [3.05, 3.63) is 16.6 Å². The first-order valence-electron chi connectivity index (χ1n) is 4.50. The Hall–Kier alpha value is -0.450. The van der Waals surface area contributed by atoms with Gasteiger partial charge in [-0.3, -0.25) is 0 Å². The minimum Gasteiger partial charge on any atom is -0.385 e. The molecule has 0 aliphatic carbocycles. The molecule has 1 aromatic heterocycles. The Labute approximate surface area is 83.1 Å². The lowest BCUT2D eigenvalue weighted by atomic mass is 10.3. The Morgan fingerprint density at radius 2 is 2.46 bits per heavy atom. The Morgan fingerprint density at radius 3 is 3.15 bits per heavy atom. The topological polar surface area (TPSA) is 34.1 Å². The fourth-order valence-corrected chi connectivity index (χ4v) is 1.60. The summed E-state index contributed by atoms with van der Waals surface area (Å²) >= 11 is 1.64. The third-order valence-electron chi connectivity index (χ3n) is 1.74. The van der Waals surface area contributed by atoms with Gasteiger partial charge in [-0.15, -0.1) is 11.3 Å². The monoisotopic (exact) mass is 200 g/mol. The Bertz CT molecular complexity index is 201. The van der Waals surface area contributed by atoms with E-state index in [9.17, 15) is 0 Å². The van der Waals surface area contributed by atoms with Gasteiger partial charge in [0.1, 0.15) is 0 Å². The van der Waals surface area contributed by atoms with Crippen LogP contribution in [0.3, 0.4) is 0 Å². The SMILES string of the molecule is COCCCCNCc1cscn1. The highest BCUT2D eigenvalue weighted by molar-refractivity contribution is 7.07. The molecule has 0 aromatic carbocycles. The van der Waals surface area contributed by atoms with E-state index in [4.69, 9.17) is 4.74 Å². The van der Waals surface area contributed by atoms with E-state index in [1.54, 1.807) is 18.4 Å². The molecular weight excluding hydrogens is 184 g/mol. The molecule has 0 amide bonds. The summed E-state index contributed by atoms with van der Waals surface area (Å²) in [7, 11) is 1.74. The third kappa shape index (κ3) is 4.98. The van der Waals surface area contributed by atoms with Gasteiger partial charge in [-0.2, -0.15) is 0 Å². The van der Waals surface area contributed by atoms with Crippen molar-refractivity contribution in [1.29, 1.82) is 0 Å². The first kappa shape index (κ1) is 10.6. The molecule has 0 fully saturated rings. The average molecular weight is 200 g/mol. The molecule has 1 N–H and O–H groups in total. The van der Waals surface area contributed by atoms with Crippen LogP contribution in [0, 0.1) is 0 Å². The number of unbranched alkanes of at least 4 members (excludes halogenated alkanes) is 1. The second kappa shape index (κ2) is 7.00. The van der Waals surface area contributed by atoms with E-state index in [0.29, 0.717) is 0 Å². The summed E-state index contributed by atoms with van der Waals surface area (Å²) in [6, 6.07) is 0. The fraction of sp³-hybridized carbons (Fsp3) is 0.667. The summed E-state index contributed by atoms with van der Waals surface area (Å²) in [5.74, 6) is 0. The van der Waals surface area contributed by atoms with Gasteiger partial charge in [-0.05, 0) is 19.4 Å². The minimum absolute atomic E-state index is 0.860. The van der Waals surface area contributed by atoms with Crippen molar-refractivity contribution in [3.8, 4) is 0 Å². The van der Waals surface area contributed by atoms with Gasteiger partial charge in [0.05, 0.1) is 11.2 Å². The standard InChI is InChI=1S/C9H16N2OS/c1-12-5-3-2-4-10-6-9-7-13-8-11-9/h7-8,10H,2-6H2,1H3. The summed E-state index contributed by atoms with van der Waals surface area (Å²) in [4.78, 5) is 4.18. The summed E-state index contributed by atoms with van der Waals surface area (Å²) in [5.41, 5.74) is 3.00. The maximum Gasteiger partial charge on any atom is 0.0795 e.